The minimum absolute atomic E-state index is 0.0263. The van der Waals surface area contributed by atoms with Crippen molar-refractivity contribution in [3.05, 3.63) is 51.5 Å². The van der Waals surface area contributed by atoms with Crippen LogP contribution in [0.4, 0.5) is 0 Å². The van der Waals surface area contributed by atoms with Crippen molar-refractivity contribution < 1.29 is 4.79 Å². The maximum Gasteiger partial charge on any atom is 0.212 e. The second-order valence-electron chi connectivity index (χ2n) is 4.96. The van der Waals surface area contributed by atoms with Gasteiger partial charge in [0.05, 0.1) is 0 Å². The standard InChI is InChI=1S/C15H18N2OS/c1-10(2)6-11-4-3-5-12(7-11)15(18)13-9-19-14(8-16)17-13/h3-5,7,9-10H,6,8,16H2,1-2H3. The quantitative estimate of drug-likeness (QED) is 0.853. The van der Waals surface area contributed by atoms with Crippen LogP contribution in [-0.2, 0) is 13.0 Å². The molecule has 0 spiro atoms. The summed E-state index contributed by atoms with van der Waals surface area (Å²) in [7, 11) is 0. The van der Waals surface area contributed by atoms with Gasteiger partial charge in [-0.2, -0.15) is 0 Å². The van der Waals surface area contributed by atoms with Gasteiger partial charge in [-0.25, -0.2) is 4.98 Å². The summed E-state index contributed by atoms with van der Waals surface area (Å²) in [6, 6.07) is 7.79. The highest BCUT2D eigenvalue weighted by atomic mass is 32.1. The zero-order valence-electron chi connectivity index (χ0n) is 11.2. The summed E-state index contributed by atoms with van der Waals surface area (Å²) >= 11 is 1.43. The molecule has 0 bridgehead atoms. The number of hydrogen-bond donors (Lipinski definition) is 1. The van der Waals surface area contributed by atoms with Crippen molar-refractivity contribution in [2.45, 2.75) is 26.8 Å². The Morgan fingerprint density at radius 2 is 2.21 bits per heavy atom. The Morgan fingerprint density at radius 3 is 2.84 bits per heavy atom. The highest BCUT2D eigenvalue weighted by Crippen LogP contribution is 2.16. The number of carbonyl (C=O) groups excluding carboxylic acids is 1. The molecule has 0 unspecified atom stereocenters. The first kappa shape index (κ1) is 13.9. The number of rotatable bonds is 5. The Hall–Kier alpha value is -1.52. The second-order valence-corrected chi connectivity index (χ2v) is 5.90. The Kier molecular flexibility index (Phi) is 4.45. The smallest absolute Gasteiger partial charge is 0.212 e. The van der Waals surface area contributed by atoms with Gasteiger partial charge in [-0.1, -0.05) is 32.0 Å². The molecule has 0 saturated heterocycles. The molecule has 1 heterocycles. The summed E-state index contributed by atoms with van der Waals surface area (Å²) in [4.78, 5) is 16.6. The van der Waals surface area contributed by atoms with Gasteiger partial charge in [0.2, 0.25) is 5.78 Å². The van der Waals surface area contributed by atoms with E-state index in [-0.39, 0.29) is 5.78 Å². The van der Waals surface area contributed by atoms with E-state index in [2.05, 4.69) is 24.9 Å². The first-order chi connectivity index (χ1) is 9.10. The van der Waals surface area contributed by atoms with Gasteiger partial charge in [0.15, 0.2) is 0 Å². The number of nitrogens with zero attached hydrogens (tertiary/aromatic N) is 1. The van der Waals surface area contributed by atoms with Crippen LogP contribution in [0.2, 0.25) is 0 Å². The van der Waals surface area contributed by atoms with Gasteiger partial charge in [-0.05, 0) is 24.0 Å². The molecule has 0 atom stereocenters. The molecule has 1 aromatic carbocycles. The fraction of sp³-hybridized carbons (Fsp3) is 0.333. The van der Waals surface area contributed by atoms with Crippen LogP contribution in [0.25, 0.3) is 0 Å². The lowest BCUT2D eigenvalue weighted by Crippen LogP contribution is -2.04. The summed E-state index contributed by atoms with van der Waals surface area (Å²) in [5, 5.41) is 2.57. The fourth-order valence-electron chi connectivity index (χ4n) is 1.97. The van der Waals surface area contributed by atoms with Crippen molar-refractivity contribution in [2.24, 2.45) is 11.7 Å². The second kappa shape index (κ2) is 6.08. The van der Waals surface area contributed by atoms with E-state index in [0.717, 1.165) is 11.4 Å². The normalized spacial score (nSPS) is 10.9. The lowest BCUT2D eigenvalue weighted by atomic mass is 9.99. The predicted molar refractivity (Wildman–Crippen MR) is 78.4 cm³/mol. The summed E-state index contributed by atoms with van der Waals surface area (Å²) < 4.78 is 0. The van der Waals surface area contributed by atoms with E-state index in [1.165, 1.54) is 16.9 Å². The zero-order chi connectivity index (χ0) is 13.8. The molecular weight excluding hydrogens is 256 g/mol. The van der Waals surface area contributed by atoms with Crippen LogP contribution in [0.3, 0.4) is 0 Å². The van der Waals surface area contributed by atoms with Crippen molar-refractivity contribution in [2.75, 3.05) is 0 Å². The van der Waals surface area contributed by atoms with Crippen molar-refractivity contribution in [1.82, 2.24) is 4.98 Å². The molecule has 0 aliphatic rings. The highest BCUT2D eigenvalue weighted by Gasteiger charge is 2.13. The SMILES string of the molecule is CC(C)Cc1cccc(C(=O)c2csc(CN)n2)c1. The summed E-state index contributed by atoms with van der Waals surface area (Å²) in [6.07, 6.45) is 0.978. The van der Waals surface area contributed by atoms with E-state index in [4.69, 9.17) is 5.73 Å². The predicted octanol–water partition coefficient (Wildman–Crippen LogP) is 3.03. The number of carbonyl (C=O) groups is 1. The first-order valence-corrected chi connectivity index (χ1v) is 7.26. The molecule has 0 saturated carbocycles. The minimum atomic E-state index is -0.0263. The molecule has 3 nitrogen and oxygen atoms in total. The molecule has 0 amide bonds. The summed E-state index contributed by atoms with van der Waals surface area (Å²) in [5.41, 5.74) is 7.90. The Labute approximate surface area is 117 Å². The van der Waals surface area contributed by atoms with Gasteiger partial charge < -0.3 is 5.73 Å². The fourth-order valence-corrected chi connectivity index (χ4v) is 2.62. The molecule has 1 aromatic heterocycles. The van der Waals surface area contributed by atoms with Crippen LogP contribution >= 0.6 is 11.3 Å². The van der Waals surface area contributed by atoms with Gasteiger partial charge in [0.1, 0.15) is 10.7 Å². The lowest BCUT2D eigenvalue weighted by Gasteiger charge is -2.06. The monoisotopic (exact) mass is 274 g/mol. The van der Waals surface area contributed by atoms with Crippen LogP contribution in [-0.4, -0.2) is 10.8 Å². The Balaban J connectivity index is 2.23. The third-order valence-corrected chi connectivity index (χ3v) is 3.66. The van der Waals surface area contributed by atoms with Crippen LogP contribution < -0.4 is 5.73 Å². The van der Waals surface area contributed by atoms with Crippen LogP contribution in [0.5, 0.6) is 0 Å². The molecule has 0 fully saturated rings. The molecule has 2 rings (SSSR count). The van der Waals surface area contributed by atoms with Crippen LogP contribution in [0.15, 0.2) is 29.6 Å². The molecule has 100 valence electrons. The van der Waals surface area contributed by atoms with Gasteiger partial charge in [0.25, 0.3) is 0 Å². The number of benzene rings is 1. The molecule has 2 aromatic rings. The molecule has 0 aliphatic heterocycles. The number of thiazole rings is 1. The molecule has 4 heteroatoms. The Bertz CT molecular complexity index is 575. The molecule has 0 aliphatic carbocycles. The minimum Gasteiger partial charge on any atom is -0.325 e. The van der Waals surface area contributed by atoms with Gasteiger partial charge in [-0.15, -0.1) is 11.3 Å². The van der Waals surface area contributed by atoms with Crippen molar-refractivity contribution in [1.29, 1.82) is 0 Å². The van der Waals surface area contributed by atoms with E-state index >= 15 is 0 Å². The molecule has 2 N–H and O–H groups in total. The highest BCUT2D eigenvalue weighted by molar-refractivity contribution is 7.09. The number of aromatic nitrogens is 1. The number of nitrogens with two attached hydrogens (primary N) is 1. The van der Waals surface area contributed by atoms with E-state index in [0.29, 0.717) is 23.7 Å². The molecule has 19 heavy (non-hydrogen) atoms. The number of ketones is 1. The Morgan fingerprint density at radius 1 is 1.42 bits per heavy atom. The van der Waals surface area contributed by atoms with Crippen molar-refractivity contribution in [3.63, 3.8) is 0 Å². The van der Waals surface area contributed by atoms with Crippen molar-refractivity contribution in [3.8, 4) is 0 Å². The van der Waals surface area contributed by atoms with Gasteiger partial charge in [-0.3, -0.25) is 4.79 Å². The van der Waals surface area contributed by atoms with Crippen molar-refractivity contribution >= 4 is 17.1 Å². The number of hydrogen-bond acceptors (Lipinski definition) is 4. The van der Waals surface area contributed by atoms with E-state index in [1.807, 2.05) is 18.2 Å². The zero-order valence-corrected chi connectivity index (χ0v) is 12.0. The van der Waals surface area contributed by atoms with E-state index in [1.54, 1.807) is 5.38 Å². The third kappa shape index (κ3) is 3.49. The largest absolute Gasteiger partial charge is 0.325 e. The average molecular weight is 274 g/mol. The molecule has 0 radical (unpaired) electrons. The van der Waals surface area contributed by atoms with E-state index in [9.17, 15) is 4.79 Å². The lowest BCUT2D eigenvalue weighted by molar-refractivity contribution is 0.103. The average Bonchev–Trinajstić information content (AvgIpc) is 2.86. The van der Waals surface area contributed by atoms with E-state index < -0.39 is 0 Å². The van der Waals surface area contributed by atoms with Gasteiger partial charge >= 0.3 is 0 Å². The van der Waals surface area contributed by atoms with Crippen LogP contribution in [0.1, 0.15) is 40.5 Å². The summed E-state index contributed by atoms with van der Waals surface area (Å²) in [6.45, 7) is 4.72. The van der Waals surface area contributed by atoms with Gasteiger partial charge in [0, 0.05) is 17.5 Å². The topological polar surface area (TPSA) is 56.0 Å². The first-order valence-electron chi connectivity index (χ1n) is 6.38. The maximum absolute atomic E-state index is 12.3. The third-order valence-electron chi connectivity index (χ3n) is 2.79. The molecular formula is C15H18N2OS. The maximum atomic E-state index is 12.3. The van der Waals surface area contributed by atoms with Crippen LogP contribution in [0, 0.1) is 5.92 Å². The summed E-state index contributed by atoms with van der Waals surface area (Å²) in [5.74, 6) is 0.551.